The summed E-state index contributed by atoms with van der Waals surface area (Å²) in [6.45, 7) is 2.79. The Kier molecular flexibility index (Phi) is 3.34. The fourth-order valence-electron chi connectivity index (χ4n) is 3.04. The monoisotopic (exact) mass is 327 g/mol. The van der Waals surface area contributed by atoms with Crippen molar-refractivity contribution >= 4 is 17.4 Å². The maximum atomic E-state index is 14.2. The lowest BCUT2D eigenvalue weighted by Gasteiger charge is -2.10. The number of nitrogens with one attached hydrogen (secondary N) is 1. The molecule has 0 radical (unpaired) electrons. The number of aromatic nitrogens is 2. The summed E-state index contributed by atoms with van der Waals surface area (Å²) in [5.74, 6) is 0.670. The molecular formula is C18H15ClFN3. The Labute approximate surface area is 138 Å². The quantitative estimate of drug-likeness (QED) is 0.745. The van der Waals surface area contributed by atoms with E-state index in [1.54, 1.807) is 12.1 Å². The molecule has 0 unspecified atom stereocenters. The van der Waals surface area contributed by atoms with E-state index < -0.39 is 0 Å². The van der Waals surface area contributed by atoms with Gasteiger partial charge in [-0.2, -0.15) is 5.10 Å². The summed E-state index contributed by atoms with van der Waals surface area (Å²) in [7, 11) is 0. The Morgan fingerprint density at radius 2 is 2.00 bits per heavy atom. The first kappa shape index (κ1) is 14.3. The van der Waals surface area contributed by atoms with Crippen LogP contribution < -0.4 is 5.32 Å². The van der Waals surface area contributed by atoms with Crippen molar-refractivity contribution in [3.8, 4) is 16.9 Å². The lowest BCUT2D eigenvalue weighted by atomic mass is 10.1. The van der Waals surface area contributed by atoms with Gasteiger partial charge in [0.25, 0.3) is 0 Å². The molecule has 1 N–H and O–H groups in total. The molecule has 1 aromatic heterocycles. The van der Waals surface area contributed by atoms with E-state index in [0.29, 0.717) is 16.3 Å². The second-order valence-electron chi connectivity index (χ2n) is 5.63. The smallest absolute Gasteiger partial charge is 0.133 e. The number of hydrogen-bond acceptors (Lipinski definition) is 2. The van der Waals surface area contributed by atoms with Crippen LogP contribution in [0.4, 0.5) is 10.2 Å². The van der Waals surface area contributed by atoms with Crippen molar-refractivity contribution in [2.75, 3.05) is 11.9 Å². The van der Waals surface area contributed by atoms with Crippen molar-refractivity contribution in [2.45, 2.75) is 13.3 Å². The number of hydrogen-bond donors (Lipinski definition) is 1. The molecule has 0 spiro atoms. The Morgan fingerprint density at radius 3 is 2.83 bits per heavy atom. The molecule has 0 saturated carbocycles. The zero-order valence-corrected chi connectivity index (χ0v) is 13.4. The van der Waals surface area contributed by atoms with Gasteiger partial charge < -0.3 is 5.32 Å². The second-order valence-corrected chi connectivity index (χ2v) is 6.04. The van der Waals surface area contributed by atoms with Crippen LogP contribution >= 0.6 is 11.6 Å². The standard InChI is InChI=1S/C18H15ClFN3/c1-11-14(19)6-4-8-16(11)23-18-13(9-10-21-18)17(22-23)12-5-2-3-7-15(12)20/h2-8,21H,9-10H2,1H3. The lowest BCUT2D eigenvalue weighted by molar-refractivity contribution is 0.630. The molecule has 23 heavy (non-hydrogen) atoms. The first-order valence-electron chi connectivity index (χ1n) is 7.53. The summed E-state index contributed by atoms with van der Waals surface area (Å²) in [6, 6.07) is 12.5. The van der Waals surface area contributed by atoms with E-state index in [0.717, 1.165) is 35.6 Å². The van der Waals surface area contributed by atoms with Crippen molar-refractivity contribution in [1.82, 2.24) is 9.78 Å². The lowest BCUT2D eigenvalue weighted by Crippen LogP contribution is -2.06. The number of halogens is 2. The van der Waals surface area contributed by atoms with Gasteiger partial charge in [0.05, 0.1) is 5.69 Å². The van der Waals surface area contributed by atoms with Crippen molar-refractivity contribution < 1.29 is 4.39 Å². The fourth-order valence-corrected chi connectivity index (χ4v) is 3.21. The largest absolute Gasteiger partial charge is 0.369 e. The summed E-state index contributed by atoms with van der Waals surface area (Å²) in [5, 5.41) is 8.74. The molecule has 2 aromatic carbocycles. The van der Waals surface area contributed by atoms with E-state index in [-0.39, 0.29) is 5.82 Å². The maximum absolute atomic E-state index is 14.2. The van der Waals surface area contributed by atoms with Crippen LogP contribution in [-0.4, -0.2) is 16.3 Å². The first-order chi connectivity index (χ1) is 11.2. The van der Waals surface area contributed by atoms with Crippen molar-refractivity contribution in [3.05, 3.63) is 64.4 Å². The van der Waals surface area contributed by atoms with Gasteiger partial charge in [0, 0.05) is 22.7 Å². The number of fused-ring (bicyclic) bond motifs is 1. The van der Waals surface area contributed by atoms with Crippen LogP contribution in [0.5, 0.6) is 0 Å². The van der Waals surface area contributed by atoms with Crippen LogP contribution in [0.15, 0.2) is 42.5 Å². The molecule has 0 bridgehead atoms. The van der Waals surface area contributed by atoms with E-state index in [1.807, 2.05) is 35.9 Å². The van der Waals surface area contributed by atoms with Crippen molar-refractivity contribution in [2.24, 2.45) is 0 Å². The van der Waals surface area contributed by atoms with Crippen LogP contribution in [0.1, 0.15) is 11.1 Å². The minimum atomic E-state index is -0.255. The topological polar surface area (TPSA) is 29.9 Å². The molecule has 0 fully saturated rings. The summed E-state index contributed by atoms with van der Waals surface area (Å²) in [6.07, 6.45) is 0.832. The third kappa shape index (κ3) is 2.21. The van der Waals surface area contributed by atoms with Crippen LogP contribution in [-0.2, 0) is 6.42 Å². The molecule has 5 heteroatoms. The van der Waals surface area contributed by atoms with Gasteiger partial charge in [0.15, 0.2) is 0 Å². The highest BCUT2D eigenvalue weighted by atomic mass is 35.5. The normalized spacial score (nSPS) is 13.0. The van der Waals surface area contributed by atoms with Crippen LogP contribution in [0.25, 0.3) is 16.9 Å². The van der Waals surface area contributed by atoms with Crippen LogP contribution in [0, 0.1) is 12.7 Å². The van der Waals surface area contributed by atoms with E-state index >= 15 is 0 Å². The van der Waals surface area contributed by atoms with Crippen LogP contribution in [0.2, 0.25) is 5.02 Å². The van der Waals surface area contributed by atoms with E-state index in [4.69, 9.17) is 16.7 Å². The Bertz CT molecular complexity index is 901. The van der Waals surface area contributed by atoms with Gasteiger partial charge in [-0.25, -0.2) is 9.07 Å². The molecule has 0 amide bonds. The minimum absolute atomic E-state index is 0.255. The van der Waals surface area contributed by atoms with Crippen molar-refractivity contribution in [1.29, 1.82) is 0 Å². The molecule has 3 nitrogen and oxygen atoms in total. The summed E-state index contributed by atoms with van der Waals surface area (Å²) in [4.78, 5) is 0. The Balaban J connectivity index is 1.96. The second kappa shape index (κ2) is 5.39. The van der Waals surface area contributed by atoms with Gasteiger partial charge >= 0.3 is 0 Å². The number of benzene rings is 2. The van der Waals surface area contributed by atoms with E-state index in [2.05, 4.69) is 5.32 Å². The van der Waals surface area contributed by atoms with Crippen molar-refractivity contribution in [3.63, 3.8) is 0 Å². The molecule has 0 atom stereocenters. The van der Waals surface area contributed by atoms with Gasteiger partial charge in [0.1, 0.15) is 17.3 Å². The van der Waals surface area contributed by atoms with Crippen LogP contribution in [0.3, 0.4) is 0 Å². The summed E-state index contributed by atoms with van der Waals surface area (Å²) < 4.78 is 16.0. The molecule has 2 heterocycles. The Hall–Kier alpha value is -2.33. The number of rotatable bonds is 2. The van der Waals surface area contributed by atoms with E-state index in [1.165, 1.54) is 6.07 Å². The number of nitrogens with zero attached hydrogens (tertiary/aromatic N) is 2. The van der Waals surface area contributed by atoms with Gasteiger partial charge in [-0.3, -0.25) is 0 Å². The zero-order valence-electron chi connectivity index (χ0n) is 12.6. The fraction of sp³-hybridized carbons (Fsp3) is 0.167. The summed E-state index contributed by atoms with van der Waals surface area (Å²) >= 11 is 6.24. The molecule has 3 aromatic rings. The average molecular weight is 328 g/mol. The predicted molar refractivity (Wildman–Crippen MR) is 90.9 cm³/mol. The third-order valence-electron chi connectivity index (χ3n) is 4.25. The number of anilines is 1. The molecule has 0 aliphatic carbocycles. The molecule has 0 saturated heterocycles. The average Bonchev–Trinajstić information content (AvgIpc) is 3.13. The predicted octanol–water partition coefficient (Wildman–Crippen LogP) is 4.61. The zero-order chi connectivity index (χ0) is 16.0. The van der Waals surface area contributed by atoms with Gasteiger partial charge in [0.2, 0.25) is 0 Å². The maximum Gasteiger partial charge on any atom is 0.133 e. The summed E-state index contributed by atoms with van der Waals surface area (Å²) in [5.41, 5.74) is 4.14. The highest BCUT2D eigenvalue weighted by molar-refractivity contribution is 6.31. The van der Waals surface area contributed by atoms with E-state index in [9.17, 15) is 4.39 Å². The molecular weight excluding hydrogens is 313 g/mol. The molecule has 4 rings (SSSR count). The highest BCUT2D eigenvalue weighted by Gasteiger charge is 2.25. The highest BCUT2D eigenvalue weighted by Crippen LogP contribution is 2.36. The molecule has 116 valence electrons. The molecule has 1 aliphatic heterocycles. The van der Waals surface area contributed by atoms with Gasteiger partial charge in [-0.1, -0.05) is 29.8 Å². The van der Waals surface area contributed by atoms with Gasteiger partial charge in [-0.15, -0.1) is 0 Å². The van der Waals surface area contributed by atoms with Gasteiger partial charge in [-0.05, 0) is 43.2 Å². The first-order valence-corrected chi connectivity index (χ1v) is 7.91. The third-order valence-corrected chi connectivity index (χ3v) is 4.66. The molecule has 1 aliphatic rings. The Morgan fingerprint density at radius 1 is 1.17 bits per heavy atom. The minimum Gasteiger partial charge on any atom is -0.369 e. The SMILES string of the molecule is Cc1c(Cl)cccc1-n1nc(-c2ccccc2F)c2c1NCC2.